The van der Waals surface area contributed by atoms with Crippen molar-refractivity contribution in [1.82, 2.24) is 24.3 Å². The van der Waals surface area contributed by atoms with Gasteiger partial charge in [0.1, 0.15) is 0 Å². The summed E-state index contributed by atoms with van der Waals surface area (Å²) in [5.41, 5.74) is 0.0942. The van der Waals surface area contributed by atoms with Crippen LogP contribution in [-0.4, -0.2) is 70.6 Å². The van der Waals surface area contributed by atoms with Crippen LogP contribution in [0.2, 0.25) is 0 Å². The standard InChI is InChI=1S/C16H21N5O5S/c1-4-27(23,24)21-5-12(14-18-11(3)19-26-14)16(8-21)6-20(7-16)15(22)13-10(2)17-9-25-13/h9,12H,4-8H2,1-3H3. The van der Waals surface area contributed by atoms with Crippen LogP contribution < -0.4 is 0 Å². The minimum Gasteiger partial charge on any atom is -0.438 e. The number of carbonyl (C=O) groups excluding carboxylic acids is 1. The van der Waals surface area contributed by atoms with Crippen molar-refractivity contribution in [3.8, 4) is 0 Å². The molecule has 0 N–H and O–H groups in total. The summed E-state index contributed by atoms with van der Waals surface area (Å²) in [6, 6.07) is 0. The third-order valence-electron chi connectivity index (χ3n) is 5.45. The number of carbonyl (C=O) groups is 1. The van der Waals surface area contributed by atoms with Crippen molar-refractivity contribution >= 4 is 15.9 Å². The van der Waals surface area contributed by atoms with Gasteiger partial charge in [-0.3, -0.25) is 4.79 Å². The van der Waals surface area contributed by atoms with E-state index >= 15 is 0 Å². The van der Waals surface area contributed by atoms with E-state index in [1.165, 1.54) is 10.7 Å². The predicted molar refractivity (Wildman–Crippen MR) is 92.4 cm³/mol. The molecular formula is C16H21N5O5S. The van der Waals surface area contributed by atoms with Gasteiger partial charge in [-0.05, 0) is 20.8 Å². The molecule has 4 heterocycles. The minimum absolute atomic E-state index is 0.0264. The zero-order valence-electron chi connectivity index (χ0n) is 15.4. The predicted octanol–water partition coefficient (Wildman–Crippen LogP) is 0.566. The summed E-state index contributed by atoms with van der Waals surface area (Å²) in [6.07, 6.45) is 1.24. The smallest absolute Gasteiger partial charge is 0.291 e. The largest absolute Gasteiger partial charge is 0.438 e. The second-order valence-corrected chi connectivity index (χ2v) is 9.47. The summed E-state index contributed by atoms with van der Waals surface area (Å²) >= 11 is 0. The van der Waals surface area contributed by atoms with Crippen molar-refractivity contribution in [2.75, 3.05) is 31.9 Å². The Hall–Kier alpha value is -2.27. The van der Waals surface area contributed by atoms with Crippen LogP contribution in [0.3, 0.4) is 0 Å². The Kier molecular flexibility index (Phi) is 4.11. The molecule has 1 amide bonds. The quantitative estimate of drug-likeness (QED) is 0.736. The molecule has 0 aliphatic carbocycles. The number of nitrogens with zero attached hydrogens (tertiary/aromatic N) is 5. The lowest BCUT2D eigenvalue weighted by Gasteiger charge is -2.49. The van der Waals surface area contributed by atoms with Crippen LogP contribution in [0, 0.1) is 19.3 Å². The van der Waals surface area contributed by atoms with E-state index in [0.29, 0.717) is 37.0 Å². The number of aromatic nitrogens is 3. The molecule has 1 unspecified atom stereocenters. The molecule has 2 saturated heterocycles. The number of hydrogen-bond donors (Lipinski definition) is 0. The van der Waals surface area contributed by atoms with Crippen LogP contribution in [-0.2, 0) is 10.0 Å². The van der Waals surface area contributed by atoms with Gasteiger partial charge in [-0.1, -0.05) is 5.16 Å². The van der Waals surface area contributed by atoms with Gasteiger partial charge in [-0.15, -0.1) is 0 Å². The Labute approximate surface area is 156 Å². The van der Waals surface area contributed by atoms with Gasteiger partial charge in [0.25, 0.3) is 5.91 Å². The fraction of sp³-hybridized carbons (Fsp3) is 0.625. The van der Waals surface area contributed by atoms with Gasteiger partial charge in [0.05, 0.1) is 17.4 Å². The Morgan fingerprint density at radius 2 is 2.07 bits per heavy atom. The summed E-state index contributed by atoms with van der Waals surface area (Å²) in [4.78, 5) is 22.6. The van der Waals surface area contributed by atoms with Crippen LogP contribution in [0.1, 0.15) is 40.8 Å². The van der Waals surface area contributed by atoms with Crippen molar-refractivity contribution in [3.05, 3.63) is 29.6 Å². The molecule has 1 atom stereocenters. The average Bonchev–Trinajstić information content (AvgIpc) is 3.30. The number of amides is 1. The SMILES string of the molecule is CCS(=O)(=O)N1CC(c2nc(C)no2)C2(CN(C(=O)c3ocnc3C)C2)C1. The van der Waals surface area contributed by atoms with Crippen LogP contribution in [0.15, 0.2) is 15.3 Å². The van der Waals surface area contributed by atoms with Gasteiger partial charge >= 0.3 is 0 Å². The van der Waals surface area contributed by atoms with Crippen molar-refractivity contribution in [3.63, 3.8) is 0 Å². The monoisotopic (exact) mass is 395 g/mol. The van der Waals surface area contributed by atoms with Gasteiger partial charge in [0.15, 0.2) is 12.2 Å². The van der Waals surface area contributed by atoms with Crippen molar-refractivity contribution in [2.45, 2.75) is 26.7 Å². The fourth-order valence-corrected chi connectivity index (χ4v) is 5.14. The van der Waals surface area contributed by atoms with E-state index in [2.05, 4.69) is 15.1 Å². The highest BCUT2D eigenvalue weighted by molar-refractivity contribution is 7.89. The van der Waals surface area contributed by atoms with E-state index in [-0.39, 0.29) is 29.9 Å². The highest BCUT2D eigenvalue weighted by Crippen LogP contribution is 2.49. The molecule has 2 aromatic rings. The zero-order valence-corrected chi connectivity index (χ0v) is 16.2. The van der Waals surface area contributed by atoms with E-state index in [1.807, 2.05) is 0 Å². The van der Waals surface area contributed by atoms with E-state index in [9.17, 15) is 13.2 Å². The molecule has 0 radical (unpaired) electrons. The highest BCUT2D eigenvalue weighted by Gasteiger charge is 2.59. The highest BCUT2D eigenvalue weighted by atomic mass is 32.2. The molecule has 27 heavy (non-hydrogen) atoms. The van der Waals surface area contributed by atoms with Gasteiger partial charge < -0.3 is 13.8 Å². The maximum Gasteiger partial charge on any atom is 0.291 e. The first kappa shape index (κ1) is 18.1. The minimum atomic E-state index is -3.36. The fourth-order valence-electron chi connectivity index (χ4n) is 3.94. The van der Waals surface area contributed by atoms with Gasteiger partial charge in [-0.25, -0.2) is 17.7 Å². The van der Waals surface area contributed by atoms with E-state index < -0.39 is 15.4 Å². The summed E-state index contributed by atoms with van der Waals surface area (Å²) in [7, 11) is -3.36. The van der Waals surface area contributed by atoms with Gasteiger partial charge in [0.2, 0.25) is 21.7 Å². The molecule has 0 aromatic carbocycles. The number of hydrogen-bond acceptors (Lipinski definition) is 8. The van der Waals surface area contributed by atoms with Gasteiger partial charge in [0, 0.05) is 31.6 Å². The van der Waals surface area contributed by atoms with Crippen LogP contribution >= 0.6 is 0 Å². The molecular weight excluding hydrogens is 374 g/mol. The third kappa shape index (κ3) is 2.85. The van der Waals surface area contributed by atoms with Crippen LogP contribution in [0.25, 0.3) is 0 Å². The maximum absolute atomic E-state index is 12.6. The van der Waals surface area contributed by atoms with E-state index in [4.69, 9.17) is 8.94 Å². The molecule has 11 heteroatoms. The van der Waals surface area contributed by atoms with Crippen molar-refractivity contribution in [1.29, 1.82) is 0 Å². The second-order valence-electron chi connectivity index (χ2n) is 7.22. The molecule has 2 aliphatic rings. The summed E-state index contributed by atoms with van der Waals surface area (Å²) in [5.74, 6) is 0.669. The molecule has 0 bridgehead atoms. The molecule has 0 saturated carbocycles. The molecule has 10 nitrogen and oxygen atoms in total. The Bertz CT molecular complexity index is 975. The van der Waals surface area contributed by atoms with E-state index in [0.717, 1.165) is 0 Å². The van der Waals surface area contributed by atoms with Gasteiger partial charge in [-0.2, -0.15) is 4.98 Å². The lowest BCUT2D eigenvalue weighted by molar-refractivity contribution is -0.000922. The molecule has 2 aliphatic heterocycles. The number of rotatable bonds is 4. The summed E-state index contributed by atoms with van der Waals surface area (Å²) in [5, 5.41) is 3.84. The average molecular weight is 395 g/mol. The van der Waals surface area contributed by atoms with Crippen LogP contribution in [0.4, 0.5) is 0 Å². The maximum atomic E-state index is 12.6. The van der Waals surface area contributed by atoms with Crippen LogP contribution in [0.5, 0.6) is 0 Å². The van der Waals surface area contributed by atoms with E-state index in [1.54, 1.807) is 25.7 Å². The lowest BCUT2D eigenvalue weighted by atomic mass is 9.71. The third-order valence-corrected chi connectivity index (χ3v) is 7.25. The number of sulfonamides is 1. The first-order valence-electron chi connectivity index (χ1n) is 8.73. The second kappa shape index (κ2) is 6.13. The Morgan fingerprint density at radius 3 is 2.63 bits per heavy atom. The number of aryl methyl sites for hydroxylation is 2. The lowest BCUT2D eigenvalue weighted by Crippen LogP contribution is -2.61. The first-order chi connectivity index (χ1) is 12.8. The zero-order chi connectivity index (χ0) is 19.4. The normalized spacial score (nSPS) is 22.3. The molecule has 1 spiro atoms. The van der Waals surface area contributed by atoms with Crippen molar-refractivity contribution in [2.24, 2.45) is 5.41 Å². The Balaban J connectivity index is 1.60. The van der Waals surface area contributed by atoms with Crippen molar-refractivity contribution < 1.29 is 22.2 Å². The number of oxazole rings is 1. The topological polar surface area (TPSA) is 123 Å². The summed E-state index contributed by atoms with van der Waals surface area (Å²) in [6.45, 7) is 6.45. The molecule has 2 fully saturated rings. The molecule has 4 rings (SSSR count). The Morgan fingerprint density at radius 1 is 1.33 bits per heavy atom. The first-order valence-corrected chi connectivity index (χ1v) is 10.3. The summed E-state index contributed by atoms with van der Waals surface area (Å²) < 4.78 is 36.8. The number of likely N-dealkylation sites (tertiary alicyclic amines) is 1. The molecule has 146 valence electrons. The molecule has 2 aromatic heterocycles.